The molecule has 2 N–H and O–H groups in total. The number of aliphatic carboxylic acids is 1. The van der Waals surface area contributed by atoms with Crippen molar-refractivity contribution in [3.05, 3.63) is 29.8 Å². The van der Waals surface area contributed by atoms with Crippen LogP contribution in [0.25, 0.3) is 0 Å². The van der Waals surface area contributed by atoms with Crippen LogP contribution in [0.5, 0.6) is 0 Å². The van der Waals surface area contributed by atoms with Crippen LogP contribution in [-0.4, -0.2) is 41.1 Å². The Hall–Kier alpha value is -1.55. The number of benzene rings is 1. The van der Waals surface area contributed by atoms with E-state index in [9.17, 15) is 4.79 Å². The van der Waals surface area contributed by atoms with E-state index in [1.54, 1.807) is 6.92 Å². The molecule has 0 amide bonds. The van der Waals surface area contributed by atoms with Crippen molar-refractivity contribution in [1.82, 2.24) is 4.90 Å². The average molecular weight is 262 g/mol. The minimum absolute atomic E-state index is 0.375. The van der Waals surface area contributed by atoms with Crippen molar-refractivity contribution < 1.29 is 9.90 Å². The van der Waals surface area contributed by atoms with Gasteiger partial charge in [0.05, 0.1) is 0 Å². The Labute approximate surface area is 114 Å². The number of likely N-dealkylation sites (tertiary alicyclic amines) is 1. The number of piperidine rings is 1. The highest BCUT2D eigenvalue weighted by Gasteiger charge is 2.26. The smallest absolute Gasteiger partial charge is 0.320 e. The van der Waals surface area contributed by atoms with Crippen LogP contribution in [-0.2, 0) is 4.79 Å². The summed E-state index contributed by atoms with van der Waals surface area (Å²) < 4.78 is 0. The third-order valence-electron chi connectivity index (χ3n) is 3.82. The Bertz CT molecular complexity index is 440. The van der Waals surface area contributed by atoms with Crippen molar-refractivity contribution in [2.45, 2.75) is 38.8 Å². The highest BCUT2D eigenvalue weighted by atomic mass is 16.4. The zero-order valence-electron chi connectivity index (χ0n) is 11.6. The van der Waals surface area contributed by atoms with Crippen molar-refractivity contribution in [2.24, 2.45) is 0 Å². The van der Waals surface area contributed by atoms with E-state index >= 15 is 0 Å². The molecule has 1 aromatic rings. The highest BCUT2D eigenvalue weighted by molar-refractivity contribution is 5.72. The number of rotatable bonds is 4. The van der Waals surface area contributed by atoms with Gasteiger partial charge in [-0.15, -0.1) is 0 Å². The van der Waals surface area contributed by atoms with Crippen molar-refractivity contribution in [2.75, 3.05) is 18.4 Å². The number of aryl methyl sites for hydroxylation is 1. The molecule has 0 saturated carbocycles. The molecule has 0 spiro atoms. The van der Waals surface area contributed by atoms with Gasteiger partial charge in [0.25, 0.3) is 0 Å². The lowest BCUT2D eigenvalue weighted by atomic mass is 10.0. The summed E-state index contributed by atoms with van der Waals surface area (Å²) in [5, 5.41) is 12.5. The van der Waals surface area contributed by atoms with Crippen molar-refractivity contribution in [3.8, 4) is 0 Å². The van der Waals surface area contributed by atoms with Crippen LogP contribution in [0.15, 0.2) is 24.3 Å². The molecule has 4 heteroatoms. The maximum absolute atomic E-state index is 11.0. The van der Waals surface area contributed by atoms with Gasteiger partial charge in [0.15, 0.2) is 0 Å². The molecule has 2 rings (SSSR count). The number of nitrogens with zero attached hydrogens (tertiary/aromatic N) is 1. The van der Waals surface area contributed by atoms with E-state index < -0.39 is 5.97 Å². The van der Waals surface area contributed by atoms with E-state index in [-0.39, 0.29) is 6.04 Å². The first-order valence-corrected chi connectivity index (χ1v) is 6.86. The quantitative estimate of drug-likeness (QED) is 0.874. The van der Waals surface area contributed by atoms with E-state index in [1.165, 1.54) is 5.56 Å². The lowest BCUT2D eigenvalue weighted by Crippen LogP contribution is -2.46. The Morgan fingerprint density at radius 1 is 1.42 bits per heavy atom. The molecule has 1 fully saturated rings. The molecule has 0 bridgehead atoms. The van der Waals surface area contributed by atoms with Gasteiger partial charge in [-0.05, 0) is 44.4 Å². The van der Waals surface area contributed by atoms with E-state index in [0.29, 0.717) is 6.04 Å². The van der Waals surface area contributed by atoms with Crippen LogP contribution in [0.1, 0.15) is 25.3 Å². The summed E-state index contributed by atoms with van der Waals surface area (Å²) in [6.07, 6.45) is 1.98. The number of carboxylic acid groups (broad SMARTS) is 1. The van der Waals surface area contributed by atoms with Crippen LogP contribution in [0.4, 0.5) is 5.69 Å². The summed E-state index contributed by atoms with van der Waals surface area (Å²) >= 11 is 0. The maximum atomic E-state index is 11.0. The van der Waals surface area contributed by atoms with Crippen LogP contribution in [0.2, 0.25) is 0 Å². The highest BCUT2D eigenvalue weighted by Crippen LogP contribution is 2.18. The average Bonchev–Trinajstić information content (AvgIpc) is 2.39. The standard InChI is InChI=1S/C15H22N2O2/c1-11-4-3-5-14(10-11)16-13-6-8-17(9-7-13)12(2)15(18)19/h3-5,10,12-13,16H,6-9H2,1-2H3,(H,18,19). The van der Waals surface area contributed by atoms with Gasteiger partial charge < -0.3 is 10.4 Å². The van der Waals surface area contributed by atoms with E-state index in [2.05, 4.69) is 36.5 Å². The van der Waals surface area contributed by atoms with Crippen molar-refractivity contribution in [1.29, 1.82) is 0 Å². The number of hydrogen-bond donors (Lipinski definition) is 2. The van der Waals surface area contributed by atoms with Gasteiger partial charge in [-0.25, -0.2) is 0 Å². The lowest BCUT2D eigenvalue weighted by molar-refractivity contribution is -0.143. The molecule has 1 unspecified atom stereocenters. The Kier molecular flexibility index (Phi) is 4.43. The normalized spacial score (nSPS) is 19.1. The van der Waals surface area contributed by atoms with E-state index in [0.717, 1.165) is 31.6 Å². The molecule has 1 saturated heterocycles. The molecule has 1 heterocycles. The molecule has 0 radical (unpaired) electrons. The van der Waals surface area contributed by atoms with Gasteiger partial charge in [0, 0.05) is 24.8 Å². The first-order chi connectivity index (χ1) is 9.06. The zero-order valence-corrected chi connectivity index (χ0v) is 11.6. The van der Waals surface area contributed by atoms with Crippen LogP contribution in [0.3, 0.4) is 0 Å². The molecular formula is C15H22N2O2. The van der Waals surface area contributed by atoms with Gasteiger partial charge in [0.1, 0.15) is 6.04 Å². The minimum atomic E-state index is -0.731. The molecule has 1 aromatic carbocycles. The summed E-state index contributed by atoms with van der Waals surface area (Å²) in [6.45, 7) is 5.53. The SMILES string of the molecule is Cc1cccc(NC2CCN(C(C)C(=O)O)CC2)c1. The second kappa shape index (κ2) is 6.06. The number of carboxylic acids is 1. The van der Waals surface area contributed by atoms with Crippen LogP contribution < -0.4 is 5.32 Å². The summed E-state index contributed by atoms with van der Waals surface area (Å²) in [6, 6.07) is 8.44. The molecular weight excluding hydrogens is 240 g/mol. The molecule has 104 valence electrons. The predicted octanol–water partition coefficient (Wildman–Crippen LogP) is 2.34. The van der Waals surface area contributed by atoms with Crippen LogP contribution >= 0.6 is 0 Å². The summed E-state index contributed by atoms with van der Waals surface area (Å²) in [7, 11) is 0. The Morgan fingerprint density at radius 2 is 2.11 bits per heavy atom. The molecule has 1 aliphatic rings. The summed E-state index contributed by atoms with van der Waals surface area (Å²) in [4.78, 5) is 13.0. The fourth-order valence-corrected chi connectivity index (χ4v) is 2.56. The Balaban J connectivity index is 1.85. The van der Waals surface area contributed by atoms with Gasteiger partial charge in [-0.1, -0.05) is 12.1 Å². The van der Waals surface area contributed by atoms with Gasteiger partial charge >= 0.3 is 5.97 Å². The third-order valence-corrected chi connectivity index (χ3v) is 3.82. The van der Waals surface area contributed by atoms with Crippen molar-refractivity contribution in [3.63, 3.8) is 0 Å². The molecule has 1 atom stereocenters. The second-order valence-corrected chi connectivity index (χ2v) is 5.34. The first kappa shape index (κ1) is 13.9. The lowest BCUT2D eigenvalue weighted by Gasteiger charge is -2.35. The minimum Gasteiger partial charge on any atom is -0.480 e. The fourth-order valence-electron chi connectivity index (χ4n) is 2.56. The first-order valence-electron chi connectivity index (χ1n) is 6.86. The maximum Gasteiger partial charge on any atom is 0.320 e. The topological polar surface area (TPSA) is 52.6 Å². The molecule has 0 aliphatic carbocycles. The number of anilines is 1. The summed E-state index contributed by atoms with van der Waals surface area (Å²) in [5.74, 6) is -0.731. The monoisotopic (exact) mass is 262 g/mol. The molecule has 0 aromatic heterocycles. The molecule has 4 nitrogen and oxygen atoms in total. The predicted molar refractivity (Wildman–Crippen MR) is 76.5 cm³/mol. The fraction of sp³-hybridized carbons (Fsp3) is 0.533. The van der Waals surface area contributed by atoms with Crippen LogP contribution in [0, 0.1) is 6.92 Å². The number of carbonyl (C=O) groups is 1. The molecule has 1 aliphatic heterocycles. The van der Waals surface area contributed by atoms with E-state index in [4.69, 9.17) is 5.11 Å². The summed E-state index contributed by atoms with van der Waals surface area (Å²) in [5.41, 5.74) is 2.41. The molecule has 19 heavy (non-hydrogen) atoms. The third kappa shape index (κ3) is 3.70. The zero-order chi connectivity index (χ0) is 13.8. The van der Waals surface area contributed by atoms with Gasteiger partial charge in [-0.2, -0.15) is 0 Å². The van der Waals surface area contributed by atoms with E-state index in [1.807, 2.05) is 4.90 Å². The Morgan fingerprint density at radius 3 is 2.68 bits per heavy atom. The van der Waals surface area contributed by atoms with Gasteiger partial charge in [0.2, 0.25) is 0 Å². The van der Waals surface area contributed by atoms with Gasteiger partial charge in [-0.3, -0.25) is 9.69 Å². The second-order valence-electron chi connectivity index (χ2n) is 5.34. The number of nitrogens with one attached hydrogen (secondary N) is 1. The van der Waals surface area contributed by atoms with Crippen molar-refractivity contribution >= 4 is 11.7 Å². The number of hydrogen-bond acceptors (Lipinski definition) is 3. The largest absolute Gasteiger partial charge is 0.480 e.